The molecule has 1 atom stereocenters. The zero-order valence-electron chi connectivity index (χ0n) is 10.4. The van der Waals surface area contributed by atoms with Gasteiger partial charge in [-0.25, -0.2) is 0 Å². The summed E-state index contributed by atoms with van der Waals surface area (Å²) in [7, 11) is 0. The van der Waals surface area contributed by atoms with E-state index >= 15 is 0 Å². The first kappa shape index (κ1) is 14.6. The van der Waals surface area contributed by atoms with Crippen LogP contribution >= 0.6 is 22.9 Å². The van der Waals surface area contributed by atoms with E-state index in [1.165, 1.54) is 11.3 Å². The van der Waals surface area contributed by atoms with Gasteiger partial charge in [0.25, 0.3) is 5.91 Å². The Balaban J connectivity index is 2.22. The minimum absolute atomic E-state index is 0.223. The normalized spacial score (nSPS) is 11.8. The lowest BCUT2D eigenvalue weighted by Crippen LogP contribution is -2.30. The number of benzene rings is 1. The van der Waals surface area contributed by atoms with E-state index in [1.54, 1.807) is 41.1 Å². The van der Waals surface area contributed by atoms with Crippen LogP contribution in [0, 0.1) is 0 Å². The van der Waals surface area contributed by atoms with Crippen molar-refractivity contribution in [2.75, 3.05) is 0 Å². The Labute approximate surface area is 125 Å². The Morgan fingerprint density at radius 2 is 2.05 bits per heavy atom. The fourth-order valence-corrected chi connectivity index (χ4v) is 2.71. The molecule has 104 valence electrons. The summed E-state index contributed by atoms with van der Waals surface area (Å²) in [5.41, 5.74) is 1.11. The standard InChI is InChI=1S/C14H12ClNO3S/c15-11-4-2-1-3-10(11)12(7-13(17)18)16-14(19)9-5-6-20-8-9/h1-6,8,12H,7H2,(H,16,19)(H,17,18)/t12-/m1/s1. The first-order valence-electron chi connectivity index (χ1n) is 5.87. The molecule has 1 aromatic carbocycles. The third kappa shape index (κ3) is 3.59. The molecular weight excluding hydrogens is 298 g/mol. The number of halogens is 1. The second kappa shape index (κ2) is 6.54. The minimum atomic E-state index is -1.000. The fraction of sp³-hybridized carbons (Fsp3) is 0.143. The lowest BCUT2D eigenvalue weighted by atomic mass is 10.0. The van der Waals surface area contributed by atoms with Crippen LogP contribution < -0.4 is 5.32 Å². The lowest BCUT2D eigenvalue weighted by molar-refractivity contribution is -0.137. The van der Waals surface area contributed by atoms with Crippen molar-refractivity contribution in [1.29, 1.82) is 0 Å². The first-order chi connectivity index (χ1) is 9.58. The molecule has 0 bridgehead atoms. The molecule has 2 rings (SSSR count). The van der Waals surface area contributed by atoms with Crippen molar-refractivity contribution in [2.45, 2.75) is 12.5 Å². The minimum Gasteiger partial charge on any atom is -0.481 e. The fourth-order valence-electron chi connectivity index (χ4n) is 1.81. The topological polar surface area (TPSA) is 66.4 Å². The molecule has 0 aliphatic heterocycles. The van der Waals surface area contributed by atoms with Crippen LogP contribution in [0.5, 0.6) is 0 Å². The van der Waals surface area contributed by atoms with Gasteiger partial charge in [-0.05, 0) is 23.1 Å². The molecule has 2 aromatic rings. The Hall–Kier alpha value is -1.85. The number of hydrogen-bond donors (Lipinski definition) is 2. The molecule has 0 spiro atoms. The Morgan fingerprint density at radius 3 is 2.65 bits per heavy atom. The Kier molecular flexibility index (Phi) is 4.76. The summed E-state index contributed by atoms with van der Waals surface area (Å²) >= 11 is 7.47. The molecule has 2 N–H and O–H groups in total. The molecule has 0 fully saturated rings. The highest BCUT2D eigenvalue weighted by molar-refractivity contribution is 7.08. The second-order valence-electron chi connectivity index (χ2n) is 4.16. The van der Waals surface area contributed by atoms with Gasteiger partial charge in [-0.15, -0.1) is 0 Å². The van der Waals surface area contributed by atoms with Crippen LogP contribution in [0.25, 0.3) is 0 Å². The van der Waals surface area contributed by atoms with Gasteiger partial charge < -0.3 is 10.4 Å². The van der Waals surface area contributed by atoms with Gasteiger partial charge in [0, 0.05) is 10.4 Å². The number of aliphatic carboxylic acids is 1. The predicted octanol–water partition coefficient (Wildman–Crippen LogP) is 3.35. The maximum atomic E-state index is 12.0. The molecule has 0 aliphatic rings. The third-order valence-corrected chi connectivity index (χ3v) is 3.78. The summed E-state index contributed by atoms with van der Waals surface area (Å²) in [6.07, 6.45) is -0.223. The number of thiophene rings is 1. The molecule has 0 aliphatic carbocycles. The van der Waals surface area contributed by atoms with Gasteiger partial charge in [0.1, 0.15) is 0 Å². The van der Waals surface area contributed by atoms with E-state index in [2.05, 4.69) is 5.32 Å². The van der Waals surface area contributed by atoms with E-state index in [9.17, 15) is 9.59 Å². The van der Waals surface area contributed by atoms with Crippen LogP contribution in [0.15, 0.2) is 41.1 Å². The van der Waals surface area contributed by atoms with Crippen molar-refractivity contribution in [3.05, 3.63) is 57.2 Å². The highest BCUT2D eigenvalue weighted by Crippen LogP contribution is 2.25. The van der Waals surface area contributed by atoms with Gasteiger partial charge in [-0.1, -0.05) is 29.8 Å². The number of carboxylic acids is 1. The Morgan fingerprint density at radius 1 is 1.30 bits per heavy atom. The monoisotopic (exact) mass is 309 g/mol. The van der Waals surface area contributed by atoms with Crippen molar-refractivity contribution in [1.82, 2.24) is 5.32 Å². The van der Waals surface area contributed by atoms with E-state index in [-0.39, 0.29) is 12.3 Å². The molecular formula is C14H12ClNO3S. The van der Waals surface area contributed by atoms with Crippen LogP contribution in [0.1, 0.15) is 28.4 Å². The number of carbonyl (C=O) groups excluding carboxylic acids is 1. The summed E-state index contributed by atoms with van der Waals surface area (Å²) in [6.45, 7) is 0. The first-order valence-corrected chi connectivity index (χ1v) is 7.19. The van der Waals surface area contributed by atoms with Gasteiger partial charge >= 0.3 is 5.97 Å². The van der Waals surface area contributed by atoms with Gasteiger partial charge in [-0.2, -0.15) is 11.3 Å². The molecule has 20 heavy (non-hydrogen) atoms. The second-order valence-corrected chi connectivity index (χ2v) is 5.34. The summed E-state index contributed by atoms with van der Waals surface area (Å²) in [4.78, 5) is 23.0. The molecule has 0 saturated heterocycles. The molecule has 0 unspecified atom stereocenters. The molecule has 1 amide bonds. The number of amides is 1. The average molecular weight is 310 g/mol. The van der Waals surface area contributed by atoms with E-state index in [4.69, 9.17) is 16.7 Å². The van der Waals surface area contributed by atoms with Crippen molar-refractivity contribution < 1.29 is 14.7 Å². The van der Waals surface area contributed by atoms with Crippen molar-refractivity contribution in [3.63, 3.8) is 0 Å². The van der Waals surface area contributed by atoms with E-state index < -0.39 is 12.0 Å². The number of rotatable bonds is 5. The van der Waals surface area contributed by atoms with Crippen LogP contribution in [0.2, 0.25) is 5.02 Å². The van der Waals surface area contributed by atoms with Gasteiger partial charge in [-0.3, -0.25) is 9.59 Å². The van der Waals surface area contributed by atoms with Crippen LogP contribution in [0.4, 0.5) is 0 Å². The van der Waals surface area contributed by atoms with E-state index in [0.717, 1.165) is 0 Å². The number of carboxylic acid groups (broad SMARTS) is 1. The van der Waals surface area contributed by atoms with Crippen molar-refractivity contribution in [3.8, 4) is 0 Å². The van der Waals surface area contributed by atoms with E-state index in [0.29, 0.717) is 16.1 Å². The number of hydrogen-bond acceptors (Lipinski definition) is 3. The summed E-state index contributed by atoms with van der Waals surface area (Å²) in [6, 6.07) is 7.92. The molecule has 0 radical (unpaired) electrons. The lowest BCUT2D eigenvalue weighted by Gasteiger charge is -2.18. The maximum Gasteiger partial charge on any atom is 0.305 e. The summed E-state index contributed by atoms with van der Waals surface area (Å²) < 4.78 is 0. The highest BCUT2D eigenvalue weighted by Gasteiger charge is 2.21. The molecule has 0 saturated carbocycles. The van der Waals surface area contributed by atoms with Gasteiger partial charge in [0.2, 0.25) is 0 Å². The zero-order chi connectivity index (χ0) is 14.5. The highest BCUT2D eigenvalue weighted by atomic mass is 35.5. The Bertz CT molecular complexity index is 613. The quantitative estimate of drug-likeness (QED) is 0.890. The van der Waals surface area contributed by atoms with Crippen LogP contribution in [0.3, 0.4) is 0 Å². The van der Waals surface area contributed by atoms with Crippen molar-refractivity contribution >= 4 is 34.8 Å². The molecule has 4 nitrogen and oxygen atoms in total. The van der Waals surface area contributed by atoms with Crippen LogP contribution in [-0.4, -0.2) is 17.0 Å². The molecule has 1 heterocycles. The third-order valence-electron chi connectivity index (χ3n) is 2.75. The maximum absolute atomic E-state index is 12.0. The predicted molar refractivity (Wildman–Crippen MR) is 78.2 cm³/mol. The largest absolute Gasteiger partial charge is 0.481 e. The smallest absolute Gasteiger partial charge is 0.305 e. The summed E-state index contributed by atoms with van der Waals surface area (Å²) in [5.74, 6) is -1.31. The van der Waals surface area contributed by atoms with E-state index in [1.807, 2.05) is 0 Å². The molecule has 6 heteroatoms. The summed E-state index contributed by atoms with van der Waals surface area (Å²) in [5, 5.41) is 15.6. The molecule has 1 aromatic heterocycles. The zero-order valence-corrected chi connectivity index (χ0v) is 11.9. The number of carbonyl (C=O) groups is 2. The van der Waals surface area contributed by atoms with Crippen molar-refractivity contribution in [2.24, 2.45) is 0 Å². The van der Waals surface area contributed by atoms with Gasteiger partial charge in [0.05, 0.1) is 18.0 Å². The average Bonchev–Trinajstić information content (AvgIpc) is 2.92. The number of nitrogens with one attached hydrogen (secondary N) is 1. The van der Waals surface area contributed by atoms with Crippen LogP contribution in [-0.2, 0) is 4.79 Å². The van der Waals surface area contributed by atoms with Gasteiger partial charge in [0.15, 0.2) is 0 Å². The SMILES string of the molecule is O=C(O)C[C@@H](NC(=O)c1ccsc1)c1ccccc1Cl.